The van der Waals surface area contributed by atoms with Crippen molar-refractivity contribution in [1.29, 1.82) is 0 Å². The van der Waals surface area contributed by atoms with Crippen LogP contribution in [0.2, 0.25) is 0 Å². The van der Waals surface area contributed by atoms with Crippen molar-refractivity contribution in [2.75, 3.05) is 19.0 Å². The van der Waals surface area contributed by atoms with Gasteiger partial charge >= 0.3 is 0 Å². The van der Waals surface area contributed by atoms with Crippen LogP contribution >= 0.6 is 0 Å². The van der Waals surface area contributed by atoms with Gasteiger partial charge in [0.05, 0.1) is 12.8 Å². The molecule has 0 radical (unpaired) electrons. The van der Waals surface area contributed by atoms with Gasteiger partial charge in [0.1, 0.15) is 5.75 Å². The average Bonchev–Trinajstić information content (AvgIpc) is 2.55. The Hall–Kier alpha value is -3.22. The van der Waals surface area contributed by atoms with Crippen LogP contribution in [0.15, 0.2) is 36.4 Å². The number of benzene rings is 2. The summed E-state index contributed by atoms with van der Waals surface area (Å²) in [4.78, 5) is 23.1. The van der Waals surface area contributed by atoms with Gasteiger partial charge in [-0.05, 0) is 42.8 Å². The summed E-state index contributed by atoms with van der Waals surface area (Å²) in [6.45, 7) is 1.54. The largest absolute Gasteiger partial charge is 0.506 e. The SMILES string of the molecule is COc1cc(C(=O)Nc2ccc(C)cc2O)ccc1OCC(N)=O. The molecule has 0 aromatic heterocycles. The highest BCUT2D eigenvalue weighted by molar-refractivity contribution is 6.05. The first-order valence-electron chi connectivity index (χ1n) is 7.11. The van der Waals surface area contributed by atoms with Crippen molar-refractivity contribution < 1.29 is 24.2 Å². The van der Waals surface area contributed by atoms with Crippen molar-refractivity contribution >= 4 is 17.5 Å². The van der Waals surface area contributed by atoms with Crippen LogP contribution in [0, 0.1) is 6.92 Å². The number of methoxy groups -OCH3 is 1. The van der Waals surface area contributed by atoms with Gasteiger partial charge < -0.3 is 25.6 Å². The zero-order valence-electron chi connectivity index (χ0n) is 13.3. The lowest BCUT2D eigenvalue weighted by molar-refractivity contribution is -0.119. The number of carbonyl (C=O) groups is 2. The van der Waals surface area contributed by atoms with E-state index in [2.05, 4.69) is 5.32 Å². The minimum atomic E-state index is -0.617. The molecule has 2 aromatic carbocycles. The quantitative estimate of drug-likeness (QED) is 0.700. The third kappa shape index (κ3) is 4.16. The van der Waals surface area contributed by atoms with Crippen LogP contribution in [0.4, 0.5) is 5.69 Å². The second kappa shape index (κ2) is 7.36. The molecule has 0 bridgehead atoms. The highest BCUT2D eigenvalue weighted by Gasteiger charge is 2.13. The number of amides is 2. The van der Waals surface area contributed by atoms with Crippen molar-refractivity contribution in [3.05, 3.63) is 47.5 Å². The maximum atomic E-state index is 12.3. The van der Waals surface area contributed by atoms with E-state index in [0.717, 1.165) is 5.56 Å². The number of anilines is 1. The zero-order valence-corrected chi connectivity index (χ0v) is 13.3. The van der Waals surface area contributed by atoms with E-state index in [1.54, 1.807) is 18.2 Å². The number of aromatic hydroxyl groups is 1. The van der Waals surface area contributed by atoms with Gasteiger partial charge in [-0.2, -0.15) is 0 Å². The Morgan fingerprint density at radius 2 is 1.92 bits per heavy atom. The Morgan fingerprint density at radius 1 is 1.17 bits per heavy atom. The van der Waals surface area contributed by atoms with Crippen molar-refractivity contribution in [2.45, 2.75) is 6.92 Å². The standard InChI is InChI=1S/C17H18N2O5/c1-10-3-5-12(13(20)7-10)19-17(22)11-4-6-14(15(8-11)23-2)24-9-16(18)21/h3-8,20H,9H2,1-2H3,(H2,18,21)(H,19,22). The third-order valence-electron chi connectivity index (χ3n) is 3.20. The molecule has 7 heteroatoms. The normalized spacial score (nSPS) is 10.1. The van der Waals surface area contributed by atoms with Gasteiger partial charge in [-0.1, -0.05) is 6.07 Å². The Kier molecular flexibility index (Phi) is 5.26. The summed E-state index contributed by atoms with van der Waals surface area (Å²) >= 11 is 0. The number of nitrogens with one attached hydrogen (secondary N) is 1. The van der Waals surface area contributed by atoms with Gasteiger partial charge in [0, 0.05) is 5.56 Å². The first kappa shape index (κ1) is 17.1. The molecule has 2 amide bonds. The molecular weight excluding hydrogens is 312 g/mol. The second-order valence-corrected chi connectivity index (χ2v) is 5.10. The van der Waals surface area contributed by atoms with E-state index in [0.29, 0.717) is 17.0 Å². The molecule has 0 spiro atoms. The molecule has 0 atom stereocenters. The average molecular weight is 330 g/mol. The molecular formula is C17H18N2O5. The molecule has 7 nitrogen and oxygen atoms in total. The van der Waals surface area contributed by atoms with Crippen LogP contribution in [-0.4, -0.2) is 30.6 Å². The van der Waals surface area contributed by atoms with Crippen LogP contribution in [0.3, 0.4) is 0 Å². The highest BCUT2D eigenvalue weighted by atomic mass is 16.5. The Bertz CT molecular complexity index is 774. The number of phenols is 1. The Balaban J connectivity index is 2.18. The lowest BCUT2D eigenvalue weighted by atomic mass is 10.1. The summed E-state index contributed by atoms with van der Waals surface area (Å²) in [5.41, 5.74) is 6.51. The van der Waals surface area contributed by atoms with Crippen molar-refractivity contribution in [2.24, 2.45) is 5.73 Å². The predicted molar refractivity (Wildman–Crippen MR) is 88.5 cm³/mol. The Morgan fingerprint density at radius 3 is 2.54 bits per heavy atom. The molecule has 0 fully saturated rings. The number of primary amides is 1. The first-order valence-corrected chi connectivity index (χ1v) is 7.11. The molecule has 0 aliphatic carbocycles. The third-order valence-corrected chi connectivity index (χ3v) is 3.20. The summed E-state index contributed by atoms with van der Waals surface area (Å²) in [6.07, 6.45) is 0. The van der Waals surface area contributed by atoms with E-state index in [-0.39, 0.29) is 18.1 Å². The van der Waals surface area contributed by atoms with Gasteiger partial charge in [-0.3, -0.25) is 9.59 Å². The van der Waals surface area contributed by atoms with E-state index in [1.807, 2.05) is 6.92 Å². The van der Waals surface area contributed by atoms with Gasteiger partial charge in [0.15, 0.2) is 18.1 Å². The molecule has 2 rings (SSSR count). The summed E-state index contributed by atoms with van der Waals surface area (Å²) in [5.74, 6) is -0.470. The van der Waals surface area contributed by atoms with Crippen molar-refractivity contribution in [1.82, 2.24) is 0 Å². The molecule has 0 aliphatic rings. The Labute approximate surface area is 139 Å². The fraction of sp³-hybridized carbons (Fsp3) is 0.176. The van der Waals surface area contributed by atoms with Gasteiger partial charge in [0.25, 0.3) is 11.8 Å². The fourth-order valence-corrected chi connectivity index (χ4v) is 2.02. The lowest BCUT2D eigenvalue weighted by Crippen LogP contribution is -2.20. The minimum Gasteiger partial charge on any atom is -0.506 e. The number of phenolic OH excluding ortho intramolecular Hbond substituents is 1. The monoisotopic (exact) mass is 330 g/mol. The summed E-state index contributed by atoms with van der Waals surface area (Å²) in [7, 11) is 1.42. The lowest BCUT2D eigenvalue weighted by Gasteiger charge is -2.12. The molecule has 0 saturated carbocycles. The summed E-state index contributed by atoms with van der Waals surface area (Å²) in [5, 5.41) is 12.5. The van der Waals surface area contributed by atoms with Gasteiger partial charge in [0.2, 0.25) is 0 Å². The van der Waals surface area contributed by atoms with Crippen molar-refractivity contribution in [3.63, 3.8) is 0 Å². The smallest absolute Gasteiger partial charge is 0.255 e. The molecule has 24 heavy (non-hydrogen) atoms. The van der Waals surface area contributed by atoms with E-state index < -0.39 is 11.8 Å². The maximum Gasteiger partial charge on any atom is 0.255 e. The number of hydrogen-bond acceptors (Lipinski definition) is 5. The molecule has 126 valence electrons. The van der Waals surface area contributed by atoms with Crippen LogP contribution in [0.1, 0.15) is 15.9 Å². The number of ether oxygens (including phenoxy) is 2. The van der Waals surface area contributed by atoms with Gasteiger partial charge in [-0.25, -0.2) is 0 Å². The van der Waals surface area contributed by atoms with Crippen LogP contribution in [0.25, 0.3) is 0 Å². The number of rotatable bonds is 6. The summed E-state index contributed by atoms with van der Waals surface area (Å²) in [6, 6.07) is 9.43. The van der Waals surface area contributed by atoms with E-state index in [4.69, 9.17) is 15.2 Å². The molecule has 4 N–H and O–H groups in total. The van der Waals surface area contributed by atoms with Gasteiger partial charge in [-0.15, -0.1) is 0 Å². The number of carbonyl (C=O) groups excluding carboxylic acids is 2. The second-order valence-electron chi connectivity index (χ2n) is 5.10. The fourth-order valence-electron chi connectivity index (χ4n) is 2.02. The number of nitrogens with two attached hydrogens (primary N) is 1. The minimum absolute atomic E-state index is 0.0169. The van der Waals surface area contributed by atoms with Crippen molar-refractivity contribution in [3.8, 4) is 17.2 Å². The molecule has 0 aliphatic heterocycles. The van der Waals surface area contributed by atoms with E-state index >= 15 is 0 Å². The number of aryl methyl sites for hydroxylation is 1. The number of hydrogen-bond donors (Lipinski definition) is 3. The topological polar surface area (TPSA) is 111 Å². The highest BCUT2D eigenvalue weighted by Crippen LogP contribution is 2.29. The molecule has 2 aromatic rings. The van der Waals surface area contributed by atoms with Crippen LogP contribution in [0.5, 0.6) is 17.2 Å². The van der Waals surface area contributed by atoms with Crippen LogP contribution in [-0.2, 0) is 4.79 Å². The predicted octanol–water partition coefficient (Wildman–Crippen LogP) is 1.83. The maximum absolute atomic E-state index is 12.3. The van der Waals surface area contributed by atoms with E-state index in [9.17, 15) is 14.7 Å². The summed E-state index contributed by atoms with van der Waals surface area (Å²) < 4.78 is 10.4. The molecule has 0 unspecified atom stereocenters. The molecule has 0 saturated heterocycles. The zero-order chi connectivity index (χ0) is 17.7. The first-order chi connectivity index (χ1) is 11.4. The van der Waals surface area contributed by atoms with Crippen LogP contribution < -0.4 is 20.5 Å². The molecule has 0 heterocycles. The van der Waals surface area contributed by atoms with E-state index in [1.165, 1.54) is 25.3 Å².